The molecule has 5 rings (SSSR count). The van der Waals surface area contributed by atoms with Gasteiger partial charge in [0.2, 0.25) is 10.0 Å². The predicted molar refractivity (Wildman–Crippen MR) is 141 cm³/mol. The summed E-state index contributed by atoms with van der Waals surface area (Å²) >= 11 is 0. The summed E-state index contributed by atoms with van der Waals surface area (Å²) in [6, 6.07) is 9.26. The normalized spacial score (nSPS) is 14.6. The van der Waals surface area contributed by atoms with E-state index in [1.165, 1.54) is 12.3 Å². The minimum absolute atomic E-state index is 0.00269. The first-order chi connectivity index (χ1) is 18.6. The van der Waals surface area contributed by atoms with E-state index < -0.39 is 21.9 Å². The molecule has 13 heteroatoms. The lowest BCUT2D eigenvalue weighted by molar-refractivity contribution is 0.421. The highest BCUT2D eigenvalue weighted by Gasteiger charge is 2.37. The average molecular weight is 558 g/mol. The second-order valence-corrected chi connectivity index (χ2v) is 12.0. The number of nitrogens with one attached hydrogen (secondary N) is 1. The van der Waals surface area contributed by atoms with Gasteiger partial charge in [-0.05, 0) is 30.9 Å². The van der Waals surface area contributed by atoms with E-state index in [-0.39, 0.29) is 41.7 Å². The summed E-state index contributed by atoms with van der Waals surface area (Å²) in [7, 11) is -1.78. The van der Waals surface area contributed by atoms with Crippen molar-refractivity contribution >= 4 is 15.8 Å². The van der Waals surface area contributed by atoms with Crippen LogP contribution in [0.25, 0.3) is 22.9 Å². The molecular weight excluding hydrogens is 528 g/mol. The van der Waals surface area contributed by atoms with E-state index >= 15 is 0 Å². The van der Waals surface area contributed by atoms with E-state index in [1.54, 1.807) is 47.0 Å². The van der Waals surface area contributed by atoms with Crippen molar-refractivity contribution < 1.29 is 21.7 Å². The van der Waals surface area contributed by atoms with Crippen LogP contribution in [0.2, 0.25) is 0 Å². The Morgan fingerprint density at radius 1 is 1.15 bits per heavy atom. The maximum atomic E-state index is 14.9. The quantitative estimate of drug-likeness (QED) is 0.295. The third-order valence-electron chi connectivity index (χ3n) is 6.63. The Labute approximate surface area is 225 Å². The predicted octanol–water partition coefficient (Wildman–Crippen LogP) is 3.86. The van der Waals surface area contributed by atoms with E-state index in [9.17, 15) is 17.2 Å². The molecular formula is C26H29F2N7O3S. The van der Waals surface area contributed by atoms with Crippen molar-refractivity contribution in [3.8, 4) is 22.9 Å². The molecule has 1 fully saturated rings. The van der Waals surface area contributed by atoms with Gasteiger partial charge in [-0.2, -0.15) is 5.10 Å². The molecule has 10 nitrogen and oxygen atoms in total. The summed E-state index contributed by atoms with van der Waals surface area (Å²) in [4.78, 5) is 10.1. The van der Waals surface area contributed by atoms with Crippen LogP contribution in [0.3, 0.4) is 0 Å². The van der Waals surface area contributed by atoms with Crippen LogP contribution in [0, 0.1) is 17.6 Å². The molecule has 1 unspecified atom stereocenters. The van der Waals surface area contributed by atoms with Gasteiger partial charge in [-0.1, -0.05) is 37.2 Å². The fourth-order valence-electron chi connectivity index (χ4n) is 4.19. The molecule has 0 radical (unpaired) electrons. The summed E-state index contributed by atoms with van der Waals surface area (Å²) in [5.74, 6) is -0.918. The first-order valence-corrected chi connectivity index (χ1v) is 14.1. The van der Waals surface area contributed by atoms with E-state index in [0.717, 1.165) is 6.20 Å². The van der Waals surface area contributed by atoms with Crippen molar-refractivity contribution in [3.05, 3.63) is 66.1 Å². The molecule has 1 aliphatic carbocycles. The topological polar surface area (TPSA) is 119 Å². The van der Waals surface area contributed by atoms with Crippen LogP contribution in [0.1, 0.15) is 32.3 Å². The number of hydrogen-bond acceptors (Lipinski definition) is 8. The average Bonchev–Trinajstić information content (AvgIpc) is 3.48. The highest BCUT2D eigenvalue weighted by Crippen LogP contribution is 2.29. The summed E-state index contributed by atoms with van der Waals surface area (Å²) in [6.07, 6.45) is 3.78. The van der Waals surface area contributed by atoms with Gasteiger partial charge in [0, 0.05) is 31.3 Å². The van der Waals surface area contributed by atoms with Crippen molar-refractivity contribution in [1.29, 1.82) is 0 Å². The number of anilines is 1. The Bertz CT molecular complexity index is 1550. The Kier molecular flexibility index (Phi) is 7.45. The zero-order valence-corrected chi connectivity index (χ0v) is 22.6. The highest BCUT2D eigenvalue weighted by atomic mass is 32.2. The Morgan fingerprint density at radius 2 is 1.92 bits per heavy atom. The van der Waals surface area contributed by atoms with Gasteiger partial charge in [0.15, 0.2) is 17.5 Å². The lowest BCUT2D eigenvalue weighted by Gasteiger charge is -2.28. The molecule has 0 amide bonds. The smallest absolute Gasteiger partial charge is 0.214 e. The molecule has 0 saturated heterocycles. The molecule has 0 spiro atoms. The van der Waals surface area contributed by atoms with Gasteiger partial charge in [-0.15, -0.1) is 0 Å². The molecule has 0 aliphatic heterocycles. The van der Waals surface area contributed by atoms with E-state index in [1.807, 2.05) is 13.8 Å². The molecule has 1 aromatic carbocycles. The van der Waals surface area contributed by atoms with Gasteiger partial charge in [0.05, 0.1) is 23.7 Å². The SMILES string of the molecule is CC(C)C(CN(C)c1nc(-c2cc(-c3ccon3)n(Cc3ccccc3F)n2)ncc1F)NS(=O)(=O)C1CC1. The molecule has 3 heterocycles. The number of rotatable bonds is 11. The van der Waals surface area contributed by atoms with Crippen LogP contribution >= 0.6 is 0 Å². The minimum Gasteiger partial charge on any atom is -0.364 e. The molecule has 3 aromatic heterocycles. The second-order valence-electron chi connectivity index (χ2n) is 10.0. The van der Waals surface area contributed by atoms with Gasteiger partial charge < -0.3 is 9.42 Å². The van der Waals surface area contributed by atoms with Crippen LogP contribution in [0.15, 0.2) is 53.4 Å². The van der Waals surface area contributed by atoms with Crippen LogP contribution in [-0.2, 0) is 16.6 Å². The van der Waals surface area contributed by atoms with E-state index in [0.29, 0.717) is 35.5 Å². The third-order valence-corrected chi connectivity index (χ3v) is 8.61. The Hall–Kier alpha value is -3.71. The number of hydrogen-bond donors (Lipinski definition) is 1. The number of likely N-dealkylation sites (N-methyl/N-ethyl adjacent to an activating group) is 1. The van der Waals surface area contributed by atoms with Crippen molar-refractivity contribution in [2.24, 2.45) is 5.92 Å². The lowest BCUT2D eigenvalue weighted by Crippen LogP contribution is -2.47. The van der Waals surface area contributed by atoms with Crippen LogP contribution < -0.4 is 9.62 Å². The van der Waals surface area contributed by atoms with Gasteiger partial charge in [0.1, 0.15) is 23.5 Å². The number of nitrogens with zero attached hydrogens (tertiary/aromatic N) is 6. The Morgan fingerprint density at radius 3 is 2.59 bits per heavy atom. The maximum absolute atomic E-state index is 14.9. The van der Waals surface area contributed by atoms with Gasteiger partial charge >= 0.3 is 0 Å². The maximum Gasteiger partial charge on any atom is 0.214 e. The number of aromatic nitrogens is 5. The summed E-state index contributed by atoms with van der Waals surface area (Å²) < 4.78 is 63.7. The first kappa shape index (κ1) is 26.9. The van der Waals surface area contributed by atoms with Crippen LogP contribution in [0.5, 0.6) is 0 Å². The molecule has 1 saturated carbocycles. The number of benzene rings is 1. The zero-order chi connectivity index (χ0) is 27.7. The zero-order valence-electron chi connectivity index (χ0n) is 21.8. The second kappa shape index (κ2) is 10.8. The summed E-state index contributed by atoms with van der Waals surface area (Å²) in [6.45, 7) is 4.12. The molecule has 4 aromatic rings. The van der Waals surface area contributed by atoms with Crippen molar-refractivity contribution in [1.82, 2.24) is 29.6 Å². The first-order valence-electron chi connectivity index (χ1n) is 12.6. The molecule has 1 atom stereocenters. The third kappa shape index (κ3) is 5.98. The van der Waals surface area contributed by atoms with E-state index in [4.69, 9.17) is 4.52 Å². The molecule has 39 heavy (non-hydrogen) atoms. The minimum atomic E-state index is -3.43. The largest absolute Gasteiger partial charge is 0.364 e. The lowest BCUT2D eigenvalue weighted by atomic mass is 10.1. The van der Waals surface area contributed by atoms with Crippen molar-refractivity contribution in [3.63, 3.8) is 0 Å². The summed E-state index contributed by atoms with van der Waals surface area (Å²) in [5, 5.41) is 8.20. The number of halogens is 2. The summed E-state index contributed by atoms with van der Waals surface area (Å²) in [5.41, 5.74) is 1.77. The standard InChI is InChI=1S/C26H29F2N7O3S/c1-16(2)23(33-39(36,37)18-8-9-18)15-34(3)26-20(28)13-29-25(30-26)22-12-24(21-10-11-38-32-21)35(31-22)14-17-6-4-5-7-19(17)27/h4-7,10-13,16,18,23,33H,8-9,14-15H2,1-3H3. The van der Waals surface area contributed by atoms with Crippen LogP contribution in [0.4, 0.5) is 14.6 Å². The molecule has 1 aliphatic rings. The highest BCUT2D eigenvalue weighted by molar-refractivity contribution is 7.90. The molecule has 206 valence electrons. The fraction of sp³-hybridized carbons (Fsp3) is 0.385. The molecule has 0 bridgehead atoms. The van der Waals surface area contributed by atoms with Crippen molar-refractivity contribution in [2.75, 3.05) is 18.5 Å². The van der Waals surface area contributed by atoms with Gasteiger partial charge in [-0.25, -0.2) is 31.9 Å². The van der Waals surface area contributed by atoms with Crippen LogP contribution in [-0.4, -0.2) is 58.2 Å². The number of sulfonamides is 1. The monoisotopic (exact) mass is 557 g/mol. The van der Waals surface area contributed by atoms with Crippen molar-refractivity contribution in [2.45, 2.75) is 44.5 Å². The van der Waals surface area contributed by atoms with Gasteiger partial charge in [-0.3, -0.25) is 4.68 Å². The van der Waals surface area contributed by atoms with E-state index in [2.05, 4.69) is 24.9 Å². The van der Waals surface area contributed by atoms with Gasteiger partial charge in [0.25, 0.3) is 0 Å². The Balaban J connectivity index is 1.44. The molecule has 1 N–H and O–H groups in total. The fourth-order valence-corrected chi connectivity index (χ4v) is 5.90.